The van der Waals surface area contributed by atoms with Gasteiger partial charge in [-0.05, 0) is 19.9 Å². The summed E-state index contributed by atoms with van der Waals surface area (Å²) in [5.74, 6) is 1.32. The number of carbonyl (C=O) groups is 1. The Balaban J connectivity index is 2.25. The first-order valence-electron chi connectivity index (χ1n) is 6.17. The number of nitrogens with zero attached hydrogens (tertiary/aromatic N) is 4. The number of aromatic nitrogens is 3. The second-order valence-electron chi connectivity index (χ2n) is 4.50. The normalized spacial score (nSPS) is 10.4. The highest BCUT2D eigenvalue weighted by atomic mass is 16.6. The Morgan fingerprint density at radius 2 is 2.14 bits per heavy atom. The predicted molar refractivity (Wildman–Crippen MR) is 73.2 cm³/mol. The minimum atomic E-state index is -0.553. The van der Waals surface area contributed by atoms with Gasteiger partial charge in [-0.3, -0.25) is 14.9 Å². The fourth-order valence-electron chi connectivity index (χ4n) is 1.75. The van der Waals surface area contributed by atoms with Crippen molar-refractivity contribution in [3.63, 3.8) is 0 Å². The van der Waals surface area contributed by atoms with E-state index in [1.165, 1.54) is 25.1 Å². The molecule has 2 aromatic rings. The molecule has 0 aliphatic carbocycles. The van der Waals surface area contributed by atoms with Crippen LogP contribution in [0.2, 0.25) is 0 Å². The number of Topliss-reactive ketones (excluding diaryl/α,β-unsaturated/α-hetero) is 1. The van der Waals surface area contributed by atoms with E-state index in [-0.39, 0.29) is 29.4 Å². The van der Waals surface area contributed by atoms with Crippen LogP contribution >= 0.6 is 0 Å². The van der Waals surface area contributed by atoms with E-state index in [2.05, 4.69) is 10.2 Å². The van der Waals surface area contributed by atoms with Gasteiger partial charge in [-0.1, -0.05) is 0 Å². The van der Waals surface area contributed by atoms with E-state index in [1.54, 1.807) is 11.6 Å². The van der Waals surface area contributed by atoms with Crippen molar-refractivity contribution in [1.82, 2.24) is 14.8 Å². The molecule has 0 spiro atoms. The Bertz CT molecular complexity index is 708. The molecule has 0 saturated carbocycles. The second-order valence-corrected chi connectivity index (χ2v) is 4.50. The van der Waals surface area contributed by atoms with Gasteiger partial charge in [-0.2, -0.15) is 0 Å². The van der Waals surface area contributed by atoms with Crippen LogP contribution in [0.15, 0.2) is 18.2 Å². The maximum absolute atomic E-state index is 11.6. The van der Waals surface area contributed by atoms with Crippen molar-refractivity contribution in [2.24, 2.45) is 7.05 Å². The van der Waals surface area contributed by atoms with E-state index in [9.17, 15) is 14.9 Å². The molecule has 1 aromatic heterocycles. The lowest BCUT2D eigenvalue weighted by atomic mass is 10.1. The van der Waals surface area contributed by atoms with E-state index in [4.69, 9.17) is 4.74 Å². The topological polar surface area (TPSA) is 100 Å². The summed E-state index contributed by atoms with van der Waals surface area (Å²) < 4.78 is 7.31. The number of non-ortho nitro benzene ring substituents is 1. The number of ether oxygens (including phenoxy) is 1. The first-order valence-corrected chi connectivity index (χ1v) is 6.17. The van der Waals surface area contributed by atoms with Gasteiger partial charge >= 0.3 is 0 Å². The van der Waals surface area contributed by atoms with Crippen LogP contribution in [-0.2, 0) is 13.7 Å². The van der Waals surface area contributed by atoms with Crippen molar-refractivity contribution in [3.05, 3.63) is 45.5 Å². The Kier molecular flexibility index (Phi) is 3.97. The quantitative estimate of drug-likeness (QED) is 0.473. The summed E-state index contributed by atoms with van der Waals surface area (Å²) in [6.45, 7) is 3.26. The Labute approximate surface area is 120 Å². The highest BCUT2D eigenvalue weighted by Gasteiger charge is 2.16. The van der Waals surface area contributed by atoms with Gasteiger partial charge in [0.2, 0.25) is 0 Å². The van der Waals surface area contributed by atoms with Gasteiger partial charge in [0.15, 0.2) is 11.6 Å². The summed E-state index contributed by atoms with van der Waals surface area (Å²) in [5, 5.41) is 18.6. The van der Waals surface area contributed by atoms with Crippen LogP contribution in [0.4, 0.5) is 5.69 Å². The van der Waals surface area contributed by atoms with Crippen LogP contribution in [-0.4, -0.2) is 25.5 Å². The highest BCUT2D eigenvalue weighted by Crippen LogP contribution is 2.25. The van der Waals surface area contributed by atoms with E-state index in [1.807, 2.05) is 6.92 Å². The Morgan fingerprint density at radius 3 is 2.67 bits per heavy atom. The summed E-state index contributed by atoms with van der Waals surface area (Å²) in [5.41, 5.74) is 0.0187. The minimum absolute atomic E-state index is 0.120. The first kappa shape index (κ1) is 14.6. The zero-order valence-electron chi connectivity index (χ0n) is 11.9. The van der Waals surface area contributed by atoms with E-state index < -0.39 is 4.92 Å². The highest BCUT2D eigenvalue weighted by molar-refractivity contribution is 5.97. The molecule has 0 amide bonds. The molecule has 0 saturated heterocycles. The molecule has 0 unspecified atom stereocenters. The smallest absolute Gasteiger partial charge is 0.270 e. The maximum atomic E-state index is 11.6. The number of rotatable bonds is 5. The van der Waals surface area contributed by atoms with Crippen LogP contribution in [0.3, 0.4) is 0 Å². The van der Waals surface area contributed by atoms with Gasteiger partial charge in [-0.25, -0.2) is 0 Å². The van der Waals surface area contributed by atoms with Crippen LogP contribution < -0.4 is 4.74 Å². The Hall–Kier alpha value is -2.77. The van der Waals surface area contributed by atoms with Gasteiger partial charge in [0.05, 0.1) is 10.5 Å². The summed E-state index contributed by atoms with van der Waals surface area (Å²) in [6, 6.07) is 3.92. The monoisotopic (exact) mass is 290 g/mol. The maximum Gasteiger partial charge on any atom is 0.270 e. The molecule has 1 aromatic carbocycles. The molecule has 0 aliphatic rings. The molecule has 1 heterocycles. The van der Waals surface area contributed by atoms with Crippen molar-refractivity contribution in [3.8, 4) is 5.75 Å². The van der Waals surface area contributed by atoms with Gasteiger partial charge in [0, 0.05) is 19.2 Å². The van der Waals surface area contributed by atoms with Crippen molar-refractivity contribution in [1.29, 1.82) is 0 Å². The number of nitro groups is 1. The third-order valence-corrected chi connectivity index (χ3v) is 3.09. The summed E-state index contributed by atoms with van der Waals surface area (Å²) in [6.07, 6.45) is 0. The molecule has 0 bridgehead atoms. The van der Waals surface area contributed by atoms with Crippen molar-refractivity contribution in [2.75, 3.05) is 0 Å². The molecule has 21 heavy (non-hydrogen) atoms. The largest absolute Gasteiger partial charge is 0.485 e. The average Bonchev–Trinajstić information content (AvgIpc) is 2.76. The van der Waals surface area contributed by atoms with E-state index in [0.29, 0.717) is 5.82 Å². The van der Waals surface area contributed by atoms with Crippen molar-refractivity contribution < 1.29 is 14.5 Å². The minimum Gasteiger partial charge on any atom is -0.485 e. The third-order valence-electron chi connectivity index (χ3n) is 3.09. The number of aryl methyl sites for hydroxylation is 1. The van der Waals surface area contributed by atoms with Crippen LogP contribution in [0.1, 0.15) is 28.9 Å². The molecule has 8 nitrogen and oxygen atoms in total. The van der Waals surface area contributed by atoms with E-state index in [0.717, 1.165) is 5.82 Å². The van der Waals surface area contributed by atoms with E-state index >= 15 is 0 Å². The molecule has 0 N–H and O–H groups in total. The van der Waals surface area contributed by atoms with Crippen LogP contribution in [0.25, 0.3) is 0 Å². The number of hydrogen-bond acceptors (Lipinski definition) is 6. The summed E-state index contributed by atoms with van der Waals surface area (Å²) in [4.78, 5) is 21.8. The molecule has 0 radical (unpaired) electrons. The lowest BCUT2D eigenvalue weighted by Crippen LogP contribution is -2.07. The summed E-state index contributed by atoms with van der Waals surface area (Å²) >= 11 is 0. The Morgan fingerprint density at radius 1 is 1.43 bits per heavy atom. The number of ketones is 1. The second kappa shape index (κ2) is 5.70. The van der Waals surface area contributed by atoms with Gasteiger partial charge in [0.25, 0.3) is 5.69 Å². The summed E-state index contributed by atoms with van der Waals surface area (Å²) in [7, 11) is 1.80. The molecule has 0 fully saturated rings. The zero-order chi connectivity index (χ0) is 15.6. The molecule has 0 aliphatic heterocycles. The molecule has 2 rings (SSSR count). The lowest BCUT2D eigenvalue weighted by molar-refractivity contribution is -0.384. The standard InChI is InChI=1S/C13H14N4O4/c1-8(18)11-6-10(17(19)20)4-5-12(11)21-7-13-15-14-9(2)16(13)3/h4-6H,7H2,1-3H3. The molecular formula is C13H14N4O4. The number of hydrogen-bond donors (Lipinski definition) is 0. The first-order chi connectivity index (χ1) is 9.90. The number of nitro benzene ring substituents is 1. The fraction of sp³-hybridized carbons (Fsp3) is 0.308. The van der Waals surface area contributed by atoms with Crippen LogP contribution in [0.5, 0.6) is 5.75 Å². The van der Waals surface area contributed by atoms with Gasteiger partial charge in [-0.15, -0.1) is 10.2 Å². The van der Waals surface area contributed by atoms with Crippen molar-refractivity contribution in [2.45, 2.75) is 20.5 Å². The van der Waals surface area contributed by atoms with Gasteiger partial charge < -0.3 is 9.30 Å². The van der Waals surface area contributed by atoms with Gasteiger partial charge in [0.1, 0.15) is 18.2 Å². The molecular weight excluding hydrogens is 276 g/mol. The predicted octanol–water partition coefficient (Wildman–Crippen LogP) is 1.81. The molecule has 8 heteroatoms. The number of benzene rings is 1. The van der Waals surface area contributed by atoms with Crippen molar-refractivity contribution >= 4 is 11.5 Å². The lowest BCUT2D eigenvalue weighted by Gasteiger charge is -2.09. The fourth-order valence-corrected chi connectivity index (χ4v) is 1.75. The SMILES string of the molecule is CC(=O)c1cc([N+](=O)[O-])ccc1OCc1nnc(C)n1C. The zero-order valence-corrected chi connectivity index (χ0v) is 11.9. The average molecular weight is 290 g/mol. The molecule has 0 atom stereocenters. The number of carbonyl (C=O) groups excluding carboxylic acids is 1. The molecule has 110 valence electrons. The third kappa shape index (κ3) is 3.04. The van der Waals surface area contributed by atoms with Crippen LogP contribution in [0, 0.1) is 17.0 Å².